The van der Waals surface area contributed by atoms with Crippen molar-refractivity contribution in [2.75, 3.05) is 6.54 Å². The molecule has 6 N–H and O–H groups in total. The molecule has 0 fully saturated rings. The van der Waals surface area contributed by atoms with Crippen molar-refractivity contribution in [1.29, 1.82) is 0 Å². The maximum Gasteiger partial charge on any atom is 0.300 e. The molecule has 0 atom stereocenters. The lowest BCUT2D eigenvalue weighted by Gasteiger charge is -1.59. The van der Waals surface area contributed by atoms with Crippen molar-refractivity contribution in [3.8, 4) is 0 Å². The SMILES string of the molecule is CC(=O)O.CC(=O)O.CCN.O. The second-order valence-corrected chi connectivity index (χ2v) is 1.45. The molecule has 6 nitrogen and oxygen atoms in total. The molecule has 0 bridgehead atoms. The van der Waals surface area contributed by atoms with Gasteiger partial charge in [0.2, 0.25) is 0 Å². The predicted molar refractivity (Wildman–Crippen MR) is 45.0 cm³/mol. The molecule has 0 aromatic carbocycles. The zero-order valence-electron chi connectivity index (χ0n) is 7.50. The van der Waals surface area contributed by atoms with Crippen LogP contribution in [0.15, 0.2) is 0 Å². The third-order valence-corrected chi connectivity index (χ3v) is 0. The smallest absolute Gasteiger partial charge is 0.300 e. The highest BCUT2D eigenvalue weighted by molar-refractivity contribution is 5.63. The summed E-state index contributed by atoms with van der Waals surface area (Å²) in [5.41, 5.74) is 4.85. The van der Waals surface area contributed by atoms with Crippen LogP contribution in [0.3, 0.4) is 0 Å². The lowest BCUT2D eigenvalue weighted by atomic mass is 10.8. The minimum Gasteiger partial charge on any atom is -0.481 e. The molecule has 12 heavy (non-hydrogen) atoms. The number of nitrogens with two attached hydrogens (primary N) is 1. The molecule has 0 amide bonds. The van der Waals surface area contributed by atoms with Crippen molar-refractivity contribution in [2.45, 2.75) is 20.8 Å². The summed E-state index contributed by atoms with van der Waals surface area (Å²) >= 11 is 0. The van der Waals surface area contributed by atoms with Crippen LogP contribution in [0.4, 0.5) is 0 Å². The Morgan fingerprint density at radius 2 is 1.17 bits per heavy atom. The Hall–Kier alpha value is -1.14. The van der Waals surface area contributed by atoms with Crippen LogP contribution in [0.1, 0.15) is 20.8 Å². The molecule has 0 aliphatic rings. The fraction of sp³-hybridized carbons (Fsp3) is 0.667. The fourth-order valence-corrected chi connectivity index (χ4v) is 0. The number of carboxylic acids is 2. The molecule has 0 radical (unpaired) electrons. The zero-order chi connectivity index (χ0) is 9.86. The molecule has 0 saturated heterocycles. The van der Waals surface area contributed by atoms with E-state index in [9.17, 15) is 0 Å². The first-order valence-electron chi connectivity index (χ1n) is 2.97. The van der Waals surface area contributed by atoms with Gasteiger partial charge in [0.15, 0.2) is 0 Å². The Kier molecular flexibility index (Phi) is 42.1. The van der Waals surface area contributed by atoms with Gasteiger partial charge >= 0.3 is 0 Å². The van der Waals surface area contributed by atoms with Crippen molar-refractivity contribution in [2.24, 2.45) is 5.73 Å². The van der Waals surface area contributed by atoms with Gasteiger partial charge in [0.25, 0.3) is 11.9 Å². The number of aliphatic carboxylic acids is 2. The van der Waals surface area contributed by atoms with Crippen LogP contribution >= 0.6 is 0 Å². The molecule has 0 rings (SSSR count). The Morgan fingerprint density at radius 3 is 1.17 bits per heavy atom. The third kappa shape index (κ3) is 421. The maximum absolute atomic E-state index is 9.00. The molecule has 0 heterocycles. The molecule has 76 valence electrons. The summed E-state index contributed by atoms with van der Waals surface area (Å²) in [7, 11) is 0. The monoisotopic (exact) mass is 183 g/mol. The van der Waals surface area contributed by atoms with Gasteiger partial charge in [-0.2, -0.15) is 0 Å². The molecule has 0 aromatic rings. The summed E-state index contributed by atoms with van der Waals surface area (Å²) in [5.74, 6) is -1.67. The summed E-state index contributed by atoms with van der Waals surface area (Å²) in [6.07, 6.45) is 0. The van der Waals surface area contributed by atoms with Gasteiger partial charge < -0.3 is 21.4 Å². The van der Waals surface area contributed by atoms with Gasteiger partial charge in [0.1, 0.15) is 0 Å². The minimum atomic E-state index is -0.833. The molecular formula is C6H17NO5. The number of hydrogen-bond donors (Lipinski definition) is 3. The van der Waals surface area contributed by atoms with Crippen LogP contribution in [0.25, 0.3) is 0 Å². The first-order chi connectivity index (χ1) is 4.88. The fourth-order valence-electron chi connectivity index (χ4n) is 0. The Morgan fingerprint density at radius 1 is 1.17 bits per heavy atom. The van der Waals surface area contributed by atoms with Crippen molar-refractivity contribution in [3.05, 3.63) is 0 Å². The Bertz CT molecular complexity index is 84.1. The van der Waals surface area contributed by atoms with Crippen LogP contribution in [0.5, 0.6) is 0 Å². The van der Waals surface area contributed by atoms with Gasteiger partial charge in [-0.3, -0.25) is 9.59 Å². The van der Waals surface area contributed by atoms with E-state index in [-0.39, 0.29) is 5.48 Å². The van der Waals surface area contributed by atoms with E-state index in [4.69, 9.17) is 25.5 Å². The third-order valence-electron chi connectivity index (χ3n) is 0. The summed E-state index contributed by atoms with van der Waals surface area (Å²) in [5, 5.41) is 14.8. The van der Waals surface area contributed by atoms with Gasteiger partial charge in [-0.25, -0.2) is 0 Å². The topological polar surface area (TPSA) is 132 Å². The highest BCUT2D eigenvalue weighted by Crippen LogP contribution is 1.42. The lowest BCUT2D eigenvalue weighted by Crippen LogP contribution is -1.87. The normalized spacial score (nSPS) is 5.67. The summed E-state index contributed by atoms with van der Waals surface area (Å²) < 4.78 is 0. The van der Waals surface area contributed by atoms with E-state index < -0.39 is 11.9 Å². The molecule has 0 unspecified atom stereocenters. The number of rotatable bonds is 0. The van der Waals surface area contributed by atoms with E-state index in [2.05, 4.69) is 0 Å². The largest absolute Gasteiger partial charge is 0.481 e. The van der Waals surface area contributed by atoms with Gasteiger partial charge in [0.05, 0.1) is 0 Å². The van der Waals surface area contributed by atoms with Gasteiger partial charge in [-0.1, -0.05) is 6.92 Å². The van der Waals surface area contributed by atoms with Crippen LogP contribution in [0, 0.1) is 0 Å². The standard InChI is InChI=1S/C2H7N.2C2H4O2.H2O/c1-2-3;2*1-2(3)4;/h2-3H2,1H3;2*1H3,(H,3,4);1H2. The van der Waals surface area contributed by atoms with Crippen molar-refractivity contribution in [3.63, 3.8) is 0 Å². The summed E-state index contributed by atoms with van der Waals surface area (Å²) in [6, 6.07) is 0. The average Bonchev–Trinajstić information content (AvgIpc) is 1.60. The zero-order valence-corrected chi connectivity index (χ0v) is 7.50. The number of hydrogen-bond acceptors (Lipinski definition) is 3. The van der Waals surface area contributed by atoms with E-state index in [1.807, 2.05) is 6.92 Å². The molecule has 6 heteroatoms. The molecule has 0 saturated carbocycles. The molecule has 0 aliphatic carbocycles. The minimum absolute atomic E-state index is 0. The number of carboxylic acid groups (broad SMARTS) is 2. The van der Waals surface area contributed by atoms with Crippen molar-refractivity contribution < 1.29 is 25.3 Å². The van der Waals surface area contributed by atoms with Gasteiger partial charge in [0, 0.05) is 13.8 Å². The Balaban J connectivity index is -0.0000000389. The molecule has 0 spiro atoms. The van der Waals surface area contributed by atoms with E-state index in [0.29, 0.717) is 0 Å². The summed E-state index contributed by atoms with van der Waals surface area (Å²) in [4.78, 5) is 18.0. The first kappa shape index (κ1) is 22.4. The van der Waals surface area contributed by atoms with Crippen molar-refractivity contribution in [1.82, 2.24) is 0 Å². The predicted octanol–water partition coefficient (Wildman–Crippen LogP) is -0.678. The molecular weight excluding hydrogens is 166 g/mol. The van der Waals surface area contributed by atoms with Crippen molar-refractivity contribution >= 4 is 11.9 Å². The maximum atomic E-state index is 9.00. The first-order valence-corrected chi connectivity index (χ1v) is 2.97. The quantitative estimate of drug-likeness (QED) is 0.457. The van der Waals surface area contributed by atoms with E-state index >= 15 is 0 Å². The van der Waals surface area contributed by atoms with Crippen LogP contribution < -0.4 is 5.73 Å². The van der Waals surface area contributed by atoms with Crippen LogP contribution in [-0.4, -0.2) is 34.2 Å². The van der Waals surface area contributed by atoms with E-state index in [0.717, 1.165) is 20.4 Å². The highest BCUT2D eigenvalue weighted by atomic mass is 16.4. The average molecular weight is 183 g/mol. The lowest BCUT2D eigenvalue weighted by molar-refractivity contribution is -0.135. The molecule has 0 aromatic heterocycles. The highest BCUT2D eigenvalue weighted by Gasteiger charge is 1.65. The second-order valence-electron chi connectivity index (χ2n) is 1.45. The molecule has 0 aliphatic heterocycles. The Labute approximate surface area is 71.3 Å². The van der Waals surface area contributed by atoms with E-state index in [1.54, 1.807) is 0 Å². The van der Waals surface area contributed by atoms with Gasteiger partial charge in [-0.05, 0) is 6.54 Å². The second kappa shape index (κ2) is 22.5. The number of carbonyl (C=O) groups is 2. The summed E-state index contributed by atoms with van der Waals surface area (Å²) in [6.45, 7) is 4.82. The van der Waals surface area contributed by atoms with Gasteiger partial charge in [-0.15, -0.1) is 0 Å². The van der Waals surface area contributed by atoms with Crippen LogP contribution in [-0.2, 0) is 9.59 Å². The van der Waals surface area contributed by atoms with Crippen LogP contribution in [0.2, 0.25) is 0 Å². The van der Waals surface area contributed by atoms with E-state index in [1.165, 1.54) is 0 Å².